The van der Waals surface area contributed by atoms with Crippen LogP contribution >= 0.6 is 0 Å². The van der Waals surface area contributed by atoms with Gasteiger partial charge in [0.2, 0.25) is 0 Å². The van der Waals surface area contributed by atoms with Crippen molar-refractivity contribution < 1.29 is 4.79 Å². The Bertz CT molecular complexity index is 548. The van der Waals surface area contributed by atoms with Gasteiger partial charge >= 0.3 is 0 Å². The number of hydrogen-bond donors (Lipinski definition) is 3. The van der Waals surface area contributed by atoms with Crippen molar-refractivity contribution in [3.8, 4) is 0 Å². The fraction of sp³-hybridized carbons (Fsp3) is 0.417. The highest BCUT2D eigenvalue weighted by Gasteiger charge is 2.09. The van der Waals surface area contributed by atoms with Crippen LogP contribution in [0.1, 0.15) is 28.9 Å². The van der Waals surface area contributed by atoms with E-state index in [1.54, 1.807) is 12.3 Å². The van der Waals surface area contributed by atoms with Crippen molar-refractivity contribution in [2.24, 2.45) is 5.73 Å². The number of nitrogens with zero attached hydrogens (tertiary/aromatic N) is 2. The van der Waals surface area contributed by atoms with Crippen LogP contribution in [-0.2, 0) is 0 Å². The molecule has 0 atom stereocenters. The highest BCUT2D eigenvalue weighted by atomic mass is 16.1. The number of rotatable bonds is 5. The number of amides is 1. The van der Waals surface area contributed by atoms with E-state index in [1.165, 1.54) is 0 Å². The monoisotopic (exact) mass is 247 g/mol. The molecule has 0 aliphatic carbocycles. The van der Waals surface area contributed by atoms with Crippen molar-refractivity contribution in [1.82, 2.24) is 20.5 Å². The van der Waals surface area contributed by atoms with Gasteiger partial charge in [-0.3, -0.25) is 9.89 Å². The molecule has 0 aliphatic heterocycles. The molecule has 0 aliphatic rings. The van der Waals surface area contributed by atoms with Crippen LogP contribution in [-0.4, -0.2) is 34.2 Å². The van der Waals surface area contributed by atoms with Crippen LogP contribution in [0.25, 0.3) is 11.0 Å². The average Bonchev–Trinajstić information content (AvgIpc) is 2.76. The summed E-state index contributed by atoms with van der Waals surface area (Å²) in [5.41, 5.74) is 7.49. The highest BCUT2D eigenvalue weighted by molar-refractivity contribution is 5.97. The molecule has 1 amide bonds. The molecule has 2 aromatic heterocycles. The number of nitrogens with one attached hydrogen (secondary N) is 2. The molecule has 0 fully saturated rings. The quantitative estimate of drug-likeness (QED) is 0.679. The first-order valence-corrected chi connectivity index (χ1v) is 6.01. The fourth-order valence-electron chi connectivity index (χ4n) is 1.72. The fourth-order valence-corrected chi connectivity index (χ4v) is 1.72. The molecule has 2 aromatic rings. The van der Waals surface area contributed by atoms with E-state index in [1.807, 2.05) is 6.92 Å². The lowest BCUT2D eigenvalue weighted by molar-refractivity contribution is 0.0953. The summed E-state index contributed by atoms with van der Waals surface area (Å²) in [4.78, 5) is 16.0. The Balaban J connectivity index is 2.05. The number of fused-ring (bicyclic) bond motifs is 1. The van der Waals surface area contributed by atoms with Gasteiger partial charge in [-0.15, -0.1) is 0 Å². The maximum absolute atomic E-state index is 11.9. The zero-order valence-corrected chi connectivity index (χ0v) is 10.4. The van der Waals surface area contributed by atoms with Gasteiger partial charge in [0.1, 0.15) is 0 Å². The standard InChI is InChI=1S/C12H17N5O/c1-8-10-6-9(7-15-11(10)17-16-8)12(18)14-5-3-2-4-13/h6-7H,2-5,13H2,1H3,(H,14,18)(H,15,16,17). The van der Waals surface area contributed by atoms with E-state index in [-0.39, 0.29) is 5.91 Å². The Morgan fingerprint density at radius 2 is 2.33 bits per heavy atom. The van der Waals surface area contributed by atoms with Gasteiger partial charge in [-0.1, -0.05) is 0 Å². The number of carbonyl (C=O) groups is 1. The summed E-state index contributed by atoms with van der Waals surface area (Å²) < 4.78 is 0. The SMILES string of the molecule is Cc1[nH]nc2ncc(C(=O)NCCCCN)cc12. The molecule has 0 aromatic carbocycles. The Hall–Kier alpha value is -1.95. The number of carbonyl (C=O) groups excluding carboxylic acids is 1. The van der Waals surface area contributed by atoms with Crippen molar-refractivity contribution in [2.45, 2.75) is 19.8 Å². The smallest absolute Gasteiger partial charge is 0.252 e. The predicted octanol–water partition coefficient (Wildman–Crippen LogP) is 0.735. The van der Waals surface area contributed by atoms with Crippen molar-refractivity contribution >= 4 is 16.9 Å². The minimum absolute atomic E-state index is 0.109. The summed E-state index contributed by atoms with van der Waals surface area (Å²) in [7, 11) is 0. The van der Waals surface area contributed by atoms with E-state index in [2.05, 4.69) is 20.5 Å². The molecule has 4 N–H and O–H groups in total. The number of pyridine rings is 1. The van der Waals surface area contributed by atoms with Crippen molar-refractivity contribution in [3.63, 3.8) is 0 Å². The molecule has 2 heterocycles. The number of aryl methyl sites for hydroxylation is 1. The van der Waals surface area contributed by atoms with Crippen LogP contribution in [0.4, 0.5) is 0 Å². The summed E-state index contributed by atoms with van der Waals surface area (Å²) in [6.45, 7) is 3.19. The molecule has 18 heavy (non-hydrogen) atoms. The Kier molecular flexibility index (Phi) is 3.88. The van der Waals surface area contributed by atoms with Crippen LogP contribution in [0.5, 0.6) is 0 Å². The van der Waals surface area contributed by atoms with E-state index in [4.69, 9.17) is 5.73 Å². The Morgan fingerprint density at radius 3 is 3.11 bits per heavy atom. The average molecular weight is 247 g/mol. The third kappa shape index (κ3) is 2.65. The molecule has 96 valence electrons. The lowest BCUT2D eigenvalue weighted by Gasteiger charge is -2.04. The van der Waals surface area contributed by atoms with Crippen LogP contribution in [0, 0.1) is 6.92 Å². The Morgan fingerprint density at radius 1 is 1.50 bits per heavy atom. The highest BCUT2D eigenvalue weighted by Crippen LogP contribution is 2.14. The molecule has 0 spiro atoms. The first-order valence-electron chi connectivity index (χ1n) is 6.01. The number of nitrogens with two attached hydrogens (primary N) is 1. The molecule has 0 unspecified atom stereocenters. The van der Waals surface area contributed by atoms with Gasteiger partial charge < -0.3 is 11.1 Å². The minimum atomic E-state index is -0.109. The summed E-state index contributed by atoms with van der Waals surface area (Å²) in [6.07, 6.45) is 3.35. The summed E-state index contributed by atoms with van der Waals surface area (Å²) in [5, 5.41) is 10.6. The zero-order valence-electron chi connectivity index (χ0n) is 10.4. The van der Waals surface area contributed by atoms with E-state index >= 15 is 0 Å². The Labute approximate surface area is 105 Å². The second-order valence-electron chi connectivity index (χ2n) is 4.20. The van der Waals surface area contributed by atoms with Gasteiger partial charge in [-0.05, 0) is 32.4 Å². The molecule has 0 saturated carbocycles. The van der Waals surface area contributed by atoms with Gasteiger partial charge in [0.05, 0.1) is 5.56 Å². The summed E-state index contributed by atoms with van der Waals surface area (Å²) >= 11 is 0. The van der Waals surface area contributed by atoms with Crippen LogP contribution in [0.2, 0.25) is 0 Å². The first-order chi connectivity index (χ1) is 8.72. The molecule has 0 bridgehead atoms. The number of H-pyrrole nitrogens is 1. The largest absolute Gasteiger partial charge is 0.352 e. The molecule has 6 heteroatoms. The van der Waals surface area contributed by atoms with Gasteiger partial charge in [-0.25, -0.2) is 4.98 Å². The first kappa shape index (κ1) is 12.5. The van der Waals surface area contributed by atoms with E-state index in [0.29, 0.717) is 24.3 Å². The van der Waals surface area contributed by atoms with Crippen molar-refractivity contribution in [2.75, 3.05) is 13.1 Å². The third-order valence-corrected chi connectivity index (χ3v) is 2.78. The molecular formula is C12H17N5O. The molecular weight excluding hydrogens is 230 g/mol. The molecule has 2 rings (SSSR count). The normalized spacial score (nSPS) is 10.8. The van der Waals surface area contributed by atoms with Crippen LogP contribution in [0.15, 0.2) is 12.3 Å². The third-order valence-electron chi connectivity index (χ3n) is 2.78. The molecule has 0 saturated heterocycles. The van der Waals surface area contributed by atoms with Gasteiger partial charge in [-0.2, -0.15) is 5.10 Å². The number of hydrogen-bond acceptors (Lipinski definition) is 4. The van der Waals surface area contributed by atoms with Gasteiger partial charge in [0.15, 0.2) is 5.65 Å². The van der Waals surface area contributed by atoms with Gasteiger partial charge in [0, 0.05) is 23.8 Å². The maximum atomic E-state index is 11.9. The minimum Gasteiger partial charge on any atom is -0.352 e. The van der Waals surface area contributed by atoms with E-state index in [9.17, 15) is 4.79 Å². The topological polar surface area (TPSA) is 96.7 Å². The second-order valence-corrected chi connectivity index (χ2v) is 4.20. The summed E-state index contributed by atoms with van der Waals surface area (Å²) in [6, 6.07) is 1.80. The van der Waals surface area contributed by atoms with E-state index < -0.39 is 0 Å². The lowest BCUT2D eigenvalue weighted by atomic mass is 10.2. The van der Waals surface area contributed by atoms with E-state index in [0.717, 1.165) is 23.9 Å². The zero-order chi connectivity index (χ0) is 13.0. The number of aromatic nitrogens is 3. The predicted molar refractivity (Wildman–Crippen MR) is 69.2 cm³/mol. The van der Waals surface area contributed by atoms with Crippen molar-refractivity contribution in [3.05, 3.63) is 23.5 Å². The van der Waals surface area contributed by atoms with Gasteiger partial charge in [0.25, 0.3) is 5.91 Å². The molecule has 0 radical (unpaired) electrons. The second kappa shape index (κ2) is 5.59. The summed E-state index contributed by atoms with van der Waals surface area (Å²) in [5.74, 6) is -0.109. The molecule has 6 nitrogen and oxygen atoms in total. The van der Waals surface area contributed by atoms with Crippen LogP contribution in [0.3, 0.4) is 0 Å². The van der Waals surface area contributed by atoms with Crippen LogP contribution < -0.4 is 11.1 Å². The maximum Gasteiger partial charge on any atom is 0.252 e. The number of unbranched alkanes of at least 4 members (excludes halogenated alkanes) is 1. The lowest BCUT2D eigenvalue weighted by Crippen LogP contribution is -2.25. The number of aromatic amines is 1. The van der Waals surface area contributed by atoms with Crippen molar-refractivity contribution in [1.29, 1.82) is 0 Å².